The molecule has 1 unspecified atom stereocenters. The van der Waals surface area contributed by atoms with Crippen LogP contribution in [0.4, 0.5) is 5.69 Å². The van der Waals surface area contributed by atoms with Crippen molar-refractivity contribution in [3.63, 3.8) is 0 Å². The lowest BCUT2D eigenvalue weighted by Gasteiger charge is -2.29. The number of nitrogens with zero attached hydrogens (tertiary/aromatic N) is 2. The van der Waals surface area contributed by atoms with E-state index in [9.17, 15) is 9.59 Å². The molecule has 1 N–H and O–H groups in total. The van der Waals surface area contributed by atoms with Crippen molar-refractivity contribution in [1.82, 2.24) is 9.80 Å². The molecule has 1 aliphatic carbocycles. The van der Waals surface area contributed by atoms with Crippen LogP contribution < -0.4 is 5.32 Å². The van der Waals surface area contributed by atoms with Gasteiger partial charge in [0.25, 0.3) is 5.91 Å². The molecule has 5 nitrogen and oxygen atoms in total. The van der Waals surface area contributed by atoms with Gasteiger partial charge in [-0.05, 0) is 54.7 Å². The van der Waals surface area contributed by atoms with Crippen molar-refractivity contribution in [1.29, 1.82) is 0 Å². The van der Waals surface area contributed by atoms with Crippen LogP contribution in [0.2, 0.25) is 0 Å². The second-order valence-corrected chi connectivity index (χ2v) is 8.97. The monoisotopic (exact) mass is 441 g/mol. The number of aryl methyl sites for hydroxylation is 2. The first-order chi connectivity index (χ1) is 15.9. The lowest BCUT2D eigenvalue weighted by molar-refractivity contribution is -0.118. The Kier molecular flexibility index (Phi) is 6.90. The average molecular weight is 442 g/mol. The minimum absolute atomic E-state index is 0.0825. The van der Waals surface area contributed by atoms with Gasteiger partial charge < -0.3 is 10.2 Å². The zero-order chi connectivity index (χ0) is 23.4. The van der Waals surface area contributed by atoms with Gasteiger partial charge in [0.2, 0.25) is 5.91 Å². The summed E-state index contributed by atoms with van der Waals surface area (Å²) in [6, 6.07) is 24.3. The highest BCUT2D eigenvalue weighted by Gasteiger charge is 2.29. The van der Waals surface area contributed by atoms with Gasteiger partial charge in [-0.25, -0.2) is 0 Å². The van der Waals surface area contributed by atoms with Gasteiger partial charge in [-0.15, -0.1) is 0 Å². The molecule has 3 aromatic carbocycles. The van der Waals surface area contributed by atoms with E-state index in [0.29, 0.717) is 17.8 Å². The van der Waals surface area contributed by atoms with E-state index < -0.39 is 0 Å². The summed E-state index contributed by atoms with van der Waals surface area (Å²) in [6.07, 6.45) is 2.03. The Morgan fingerprint density at radius 2 is 1.73 bits per heavy atom. The predicted octanol–water partition coefficient (Wildman–Crippen LogP) is 4.83. The first kappa shape index (κ1) is 22.7. The topological polar surface area (TPSA) is 52.7 Å². The molecule has 0 saturated carbocycles. The maximum absolute atomic E-state index is 13.1. The van der Waals surface area contributed by atoms with Crippen molar-refractivity contribution in [2.24, 2.45) is 0 Å². The SMILES string of the molecule is Cc1ccc(CN(CC(=O)Nc2cccc(C(=O)N(C)C)c2)C2CCc3ccccc32)cc1. The highest BCUT2D eigenvalue weighted by atomic mass is 16.2. The molecule has 5 heteroatoms. The Hall–Kier alpha value is -3.44. The van der Waals surface area contributed by atoms with Gasteiger partial charge in [0.05, 0.1) is 6.54 Å². The average Bonchev–Trinajstić information content (AvgIpc) is 3.24. The molecule has 0 heterocycles. The maximum Gasteiger partial charge on any atom is 0.253 e. The number of fused-ring (bicyclic) bond motifs is 1. The molecule has 33 heavy (non-hydrogen) atoms. The number of carbonyl (C=O) groups is 2. The van der Waals surface area contributed by atoms with Gasteiger partial charge in [0.1, 0.15) is 0 Å². The van der Waals surface area contributed by atoms with E-state index >= 15 is 0 Å². The van der Waals surface area contributed by atoms with Crippen LogP contribution in [0.3, 0.4) is 0 Å². The minimum atomic E-state index is -0.0883. The Labute approximate surface area is 196 Å². The lowest BCUT2D eigenvalue weighted by atomic mass is 10.1. The van der Waals surface area contributed by atoms with Crippen molar-refractivity contribution < 1.29 is 9.59 Å². The Morgan fingerprint density at radius 1 is 0.970 bits per heavy atom. The number of anilines is 1. The smallest absolute Gasteiger partial charge is 0.253 e. The van der Waals surface area contributed by atoms with E-state index in [4.69, 9.17) is 0 Å². The van der Waals surface area contributed by atoms with E-state index in [0.717, 1.165) is 12.8 Å². The molecule has 0 fully saturated rings. The van der Waals surface area contributed by atoms with Crippen LogP contribution >= 0.6 is 0 Å². The fourth-order valence-corrected chi connectivity index (χ4v) is 4.49. The van der Waals surface area contributed by atoms with E-state index in [1.165, 1.54) is 27.2 Å². The molecule has 0 aliphatic heterocycles. The summed E-state index contributed by atoms with van der Waals surface area (Å²) in [5.41, 5.74) is 6.29. The van der Waals surface area contributed by atoms with Crippen molar-refractivity contribution >= 4 is 17.5 Å². The zero-order valence-electron chi connectivity index (χ0n) is 19.5. The highest BCUT2D eigenvalue weighted by Crippen LogP contribution is 2.36. The molecule has 0 spiro atoms. The molecule has 1 atom stereocenters. The fourth-order valence-electron chi connectivity index (χ4n) is 4.49. The number of benzene rings is 3. The van der Waals surface area contributed by atoms with Gasteiger partial charge in [0, 0.05) is 37.9 Å². The Balaban J connectivity index is 1.53. The molecular weight excluding hydrogens is 410 g/mol. The number of amides is 2. The van der Waals surface area contributed by atoms with Gasteiger partial charge in [0.15, 0.2) is 0 Å². The number of hydrogen-bond acceptors (Lipinski definition) is 3. The third kappa shape index (κ3) is 5.49. The maximum atomic E-state index is 13.1. The summed E-state index contributed by atoms with van der Waals surface area (Å²) in [5, 5.41) is 3.00. The predicted molar refractivity (Wildman–Crippen MR) is 132 cm³/mol. The summed E-state index contributed by atoms with van der Waals surface area (Å²) in [4.78, 5) is 29.2. The summed E-state index contributed by atoms with van der Waals surface area (Å²) >= 11 is 0. The molecule has 0 bridgehead atoms. The summed E-state index contributed by atoms with van der Waals surface area (Å²) < 4.78 is 0. The quantitative estimate of drug-likeness (QED) is 0.572. The van der Waals surface area contributed by atoms with Crippen molar-refractivity contribution in [2.75, 3.05) is 26.0 Å². The number of carbonyl (C=O) groups excluding carboxylic acids is 2. The van der Waals surface area contributed by atoms with Gasteiger partial charge in [-0.2, -0.15) is 0 Å². The molecule has 4 rings (SSSR count). The van der Waals surface area contributed by atoms with Crippen molar-refractivity contribution in [3.05, 3.63) is 101 Å². The number of nitrogens with one attached hydrogen (secondary N) is 1. The first-order valence-corrected chi connectivity index (χ1v) is 11.4. The second-order valence-electron chi connectivity index (χ2n) is 8.97. The van der Waals surface area contributed by atoms with E-state index in [1.54, 1.807) is 32.3 Å². The molecule has 1 aliphatic rings. The van der Waals surface area contributed by atoms with Crippen molar-refractivity contribution in [2.45, 2.75) is 32.4 Å². The molecule has 0 radical (unpaired) electrons. The van der Waals surface area contributed by atoms with Gasteiger partial charge in [-0.3, -0.25) is 14.5 Å². The zero-order valence-corrected chi connectivity index (χ0v) is 19.5. The number of rotatable bonds is 7. The normalized spacial score (nSPS) is 14.7. The van der Waals surface area contributed by atoms with Crippen LogP contribution in [0.25, 0.3) is 0 Å². The van der Waals surface area contributed by atoms with E-state index in [-0.39, 0.29) is 24.4 Å². The van der Waals surface area contributed by atoms with Gasteiger partial charge >= 0.3 is 0 Å². The number of hydrogen-bond donors (Lipinski definition) is 1. The van der Waals surface area contributed by atoms with Crippen LogP contribution in [0.5, 0.6) is 0 Å². The van der Waals surface area contributed by atoms with E-state index in [1.807, 2.05) is 6.07 Å². The second kappa shape index (κ2) is 10.0. The van der Waals surface area contributed by atoms with Crippen LogP contribution in [0, 0.1) is 6.92 Å². The van der Waals surface area contributed by atoms with Crippen molar-refractivity contribution in [3.8, 4) is 0 Å². The summed E-state index contributed by atoms with van der Waals surface area (Å²) in [5.74, 6) is -0.171. The third-order valence-corrected chi connectivity index (χ3v) is 6.19. The molecular formula is C28H31N3O2. The Bertz CT molecular complexity index is 1140. The molecule has 170 valence electrons. The van der Waals surface area contributed by atoms with E-state index in [2.05, 4.69) is 65.7 Å². The molecule has 0 aromatic heterocycles. The molecule has 3 aromatic rings. The highest BCUT2D eigenvalue weighted by molar-refractivity contribution is 5.97. The molecule has 0 saturated heterocycles. The lowest BCUT2D eigenvalue weighted by Crippen LogP contribution is -2.35. The van der Waals surface area contributed by atoms with Crippen LogP contribution in [-0.2, 0) is 17.8 Å². The fraction of sp³-hybridized carbons (Fsp3) is 0.286. The van der Waals surface area contributed by atoms with Crippen LogP contribution in [0.15, 0.2) is 72.8 Å². The Morgan fingerprint density at radius 3 is 2.48 bits per heavy atom. The standard InChI is InChI=1S/C28H31N3O2/c1-20-11-13-21(14-12-20)18-31(26-16-15-22-7-4-5-10-25(22)26)19-27(32)29-24-9-6-8-23(17-24)28(33)30(2)3/h4-14,17,26H,15-16,18-19H2,1-3H3,(H,29,32). The van der Waals surface area contributed by atoms with Crippen LogP contribution in [-0.4, -0.2) is 42.3 Å². The molecule has 2 amide bonds. The summed E-state index contributed by atoms with van der Waals surface area (Å²) in [6.45, 7) is 3.06. The first-order valence-electron chi connectivity index (χ1n) is 11.4. The minimum Gasteiger partial charge on any atom is -0.345 e. The third-order valence-electron chi connectivity index (χ3n) is 6.19. The largest absolute Gasteiger partial charge is 0.345 e. The van der Waals surface area contributed by atoms with Gasteiger partial charge in [-0.1, -0.05) is 60.2 Å². The summed E-state index contributed by atoms with van der Waals surface area (Å²) in [7, 11) is 3.44. The van der Waals surface area contributed by atoms with Crippen LogP contribution in [0.1, 0.15) is 45.1 Å².